The highest BCUT2D eigenvalue weighted by molar-refractivity contribution is 6.29. The molecule has 4 nitrogen and oxygen atoms in total. The normalized spacial score (nSPS) is 12.1. The van der Waals surface area contributed by atoms with Gasteiger partial charge in [0.05, 0.1) is 45.1 Å². The van der Waals surface area contributed by atoms with Crippen LogP contribution in [0.3, 0.4) is 0 Å². The quantitative estimate of drug-likeness (QED) is 0.227. The number of aromatic nitrogens is 4. The number of benzene rings is 6. The van der Waals surface area contributed by atoms with E-state index in [9.17, 15) is 0 Å². The second-order valence-corrected chi connectivity index (χ2v) is 10.6. The van der Waals surface area contributed by atoms with Gasteiger partial charge < -0.3 is 13.7 Å². The maximum atomic E-state index is 4.68. The van der Waals surface area contributed by atoms with Gasteiger partial charge in [-0.3, -0.25) is 0 Å². The zero-order valence-corrected chi connectivity index (χ0v) is 21.9. The van der Waals surface area contributed by atoms with Gasteiger partial charge in [-0.2, -0.15) is 0 Å². The van der Waals surface area contributed by atoms with E-state index in [4.69, 9.17) is 0 Å². The third-order valence-corrected chi connectivity index (χ3v) is 8.42. The molecule has 0 saturated carbocycles. The van der Waals surface area contributed by atoms with Gasteiger partial charge in [-0.05, 0) is 41.8 Å². The molecule has 0 aliphatic rings. The van der Waals surface area contributed by atoms with Crippen molar-refractivity contribution in [2.24, 2.45) is 7.05 Å². The fourth-order valence-corrected chi connectivity index (χ4v) is 6.78. The van der Waals surface area contributed by atoms with Crippen molar-refractivity contribution in [1.29, 1.82) is 0 Å². The zero-order valence-electron chi connectivity index (χ0n) is 21.9. The predicted molar refractivity (Wildman–Crippen MR) is 167 cm³/mol. The van der Waals surface area contributed by atoms with Crippen molar-refractivity contribution in [2.75, 3.05) is 0 Å². The topological polar surface area (TPSA) is 27.7 Å². The number of rotatable bonds is 2. The third-order valence-electron chi connectivity index (χ3n) is 8.42. The molecule has 0 aliphatic heterocycles. The van der Waals surface area contributed by atoms with E-state index in [1.165, 1.54) is 54.4 Å². The van der Waals surface area contributed by atoms with Crippen LogP contribution in [0.5, 0.6) is 0 Å². The minimum Gasteiger partial charge on any atom is -0.332 e. The van der Waals surface area contributed by atoms with Gasteiger partial charge in [0.25, 0.3) is 0 Å². The lowest BCUT2D eigenvalue weighted by Crippen LogP contribution is -1.98. The molecule has 0 radical (unpaired) electrons. The average molecular weight is 513 g/mol. The lowest BCUT2D eigenvalue weighted by molar-refractivity contribution is 0.941. The van der Waals surface area contributed by atoms with Gasteiger partial charge in [-0.15, -0.1) is 0 Å². The summed E-state index contributed by atoms with van der Waals surface area (Å²) in [7, 11) is 2.08. The zero-order chi connectivity index (χ0) is 26.4. The summed E-state index contributed by atoms with van der Waals surface area (Å²) in [5, 5.41) is 7.51. The van der Waals surface area contributed by atoms with Gasteiger partial charge in [-0.1, -0.05) is 84.9 Å². The molecule has 9 aromatic rings. The molecule has 6 aromatic carbocycles. The maximum Gasteiger partial charge on any atom is 0.0956 e. The molecule has 0 spiro atoms. The minimum absolute atomic E-state index is 0.996. The first-order chi connectivity index (χ1) is 19.8. The molecule has 0 atom stereocenters. The van der Waals surface area contributed by atoms with E-state index in [0.717, 1.165) is 22.4 Å². The Labute approximate surface area is 229 Å². The van der Waals surface area contributed by atoms with E-state index in [-0.39, 0.29) is 0 Å². The molecular formula is C36H24N4. The minimum atomic E-state index is 0.996. The molecule has 0 fully saturated rings. The van der Waals surface area contributed by atoms with Gasteiger partial charge in [-0.25, -0.2) is 4.98 Å². The molecule has 3 heterocycles. The Morgan fingerprint density at radius 2 is 1.27 bits per heavy atom. The summed E-state index contributed by atoms with van der Waals surface area (Å²) >= 11 is 0. The van der Waals surface area contributed by atoms with Crippen LogP contribution in [0.15, 0.2) is 128 Å². The number of imidazole rings is 1. The summed E-state index contributed by atoms with van der Waals surface area (Å²) in [6.45, 7) is 0. The first kappa shape index (κ1) is 21.6. The van der Waals surface area contributed by atoms with Crippen molar-refractivity contribution < 1.29 is 0 Å². The van der Waals surface area contributed by atoms with E-state index in [0.29, 0.717) is 0 Å². The van der Waals surface area contributed by atoms with Gasteiger partial charge in [0.2, 0.25) is 0 Å². The van der Waals surface area contributed by atoms with Gasteiger partial charge in [0, 0.05) is 39.7 Å². The van der Waals surface area contributed by atoms with Crippen molar-refractivity contribution >= 4 is 65.4 Å². The van der Waals surface area contributed by atoms with Crippen LogP contribution in [0.1, 0.15) is 0 Å². The van der Waals surface area contributed by atoms with Crippen LogP contribution in [-0.2, 0) is 7.05 Å². The monoisotopic (exact) mass is 512 g/mol. The van der Waals surface area contributed by atoms with E-state index in [1.807, 2.05) is 6.33 Å². The van der Waals surface area contributed by atoms with Crippen molar-refractivity contribution in [3.05, 3.63) is 128 Å². The molecule has 3 aromatic heterocycles. The molecule has 0 amide bonds. The lowest BCUT2D eigenvalue weighted by atomic mass is 10.0. The second kappa shape index (κ2) is 7.84. The van der Waals surface area contributed by atoms with E-state index in [1.54, 1.807) is 0 Å². The van der Waals surface area contributed by atoms with Gasteiger partial charge >= 0.3 is 0 Å². The molecule has 9 rings (SSSR count). The van der Waals surface area contributed by atoms with E-state index >= 15 is 0 Å². The van der Waals surface area contributed by atoms with Crippen LogP contribution in [-0.4, -0.2) is 18.7 Å². The Morgan fingerprint density at radius 1 is 0.500 bits per heavy atom. The summed E-state index contributed by atoms with van der Waals surface area (Å²) in [6, 6.07) is 43.8. The SMILES string of the molecule is Cn1cnc2cccc(-n3c4ccccc4c4ccc5c(c6ccc7ccccc7c6n5-c5ccccc5)c43)c21. The van der Waals surface area contributed by atoms with Gasteiger partial charge in [0.1, 0.15) is 0 Å². The summed E-state index contributed by atoms with van der Waals surface area (Å²) < 4.78 is 7.03. The highest BCUT2D eigenvalue weighted by Gasteiger charge is 2.23. The fourth-order valence-electron chi connectivity index (χ4n) is 6.78. The Bertz CT molecular complexity index is 2440. The van der Waals surface area contributed by atoms with Crippen molar-refractivity contribution in [1.82, 2.24) is 18.7 Å². The second-order valence-electron chi connectivity index (χ2n) is 10.6. The standard InChI is InChI=1S/C36H24N4/c1-38-22-37-29-15-9-17-32(36(29)38)40-30-16-8-7-14-26(30)27-20-21-31-33(35(27)40)28-19-18-23-10-5-6-13-25(23)34(28)39(31)24-11-3-2-4-12-24/h2-22H,1H3. The summed E-state index contributed by atoms with van der Waals surface area (Å²) in [5.41, 5.74) is 9.28. The van der Waals surface area contributed by atoms with E-state index < -0.39 is 0 Å². The Balaban J connectivity index is 1.59. The molecule has 40 heavy (non-hydrogen) atoms. The molecule has 0 saturated heterocycles. The summed E-state index contributed by atoms with van der Waals surface area (Å²) in [5.74, 6) is 0. The maximum absolute atomic E-state index is 4.68. The number of hydrogen-bond donors (Lipinski definition) is 0. The number of hydrogen-bond acceptors (Lipinski definition) is 1. The van der Waals surface area contributed by atoms with Gasteiger partial charge in [0.15, 0.2) is 0 Å². The predicted octanol–water partition coefficient (Wildman–Crippen LogP) is 8.92. The summed E-state index contributed by atoms with van der Waals surface area (Å²) in [4.78, 5) is 4.68. The van der Waals surface area contributed by atoms with E-state index in [2.05, 4.69) is 147 Å². The number of aryl methyl sites for hydroxylation is 1. The highest BCUT2D eigenvalue weighted by atomic mass is 15.1. The first-order valence-electron chi connectivity index (χ1n) is 13.6. The van der Waals surface area contributed by atoms with Crippen molar-refractivity contribution in [2.45, 2.75) is 0 Å². The summed E-state index contributed by atoms with van der Waals surface area (Å²) in [6.07, 6.45) is 1.91. The molecule has 0 bridgehead atoms. The molecule has 0 unspecified atom stereocenters. The number of nitrogens with zero attached hydrogens (tertiary/aromatic N) is 4. The molecular weight excluding hydrogens is 488 g/mol. The van der Waals surface area contributed by atoms with Crippen LogP contribution in [0.25, 0.3) is 76.8 Å². The Morgan fingerprint density at radius 3 is 2.17 bits per heavy atom. The Hall–Kier alpha value is -5.35. The number of para-hydroxylation sites is 3. The van der Waals surface area contributed by atoms with Crippen LogP contribution >= 0.6 is 0 Å². The number of fused-ring (bicyclic) bond motifs is 10. The molecule has 4 heteroatoms. The smallest absolute Gasteiger partial charge is 0.0956 e. The van der Waals surface area contributed by atoms with Crippen LogP contribution < -0.4 is 0 Å². The molecule has 188 valence electrons. The molecule has 0 N–H and O–H groups in total. The Kier molecular flexibility index (Phi) is 4.23. The molecule has 0 aliphatic carbocycles. The van der Waals surface area contributed by atoms with Crippen LogP contribution in [0.2, 0.25) is 0 Å². The van der Waals surface area contributed by atoms with Crippen LogP contribution in [0.4, 0.5) is 0 Å². The lowest BCUT2D eigenvalue weighted by Gasteiger charge is -2.12. The van der Waals surface area contributed by atoms with Crippen molar-refractivity contribution in [3.8, 4) is 11.4 Å². The third kappa shape index (κ3) is 2.72. The first-order valence-corrected chi connectivity index (χ1v) is 13.6. The van der Waals surface area contributed by atoms with Crippen molar-refractivity contribution in [3.63, 3.8) is 0 Å². The van der Waals surface area contributed by atoms with Crippen LogP contribution in [0, 0.1) is 0 Å². The highest BCUT2D eigenvalue weighted by Crippen LogP contribution is 2.44. The average Bonchev–Trinajstić information content (AvgIpc) is 3.67. The fraction of sp³-hybridized carbons (Fsp3) is 0.0278. The largest absolute Gasteiger partial charge is 0.332 e.